The fourth-order valence-electron chi connectivity index (χ4n) is 3.46. The zero-order valence-electron chi connectivity index (χ0n) is 14.0. The third-order valence-electron chi connectivity index (χ3n) is 4.72. The van der Waals surface area contributed by atoms with E-state index in [1.165, 1.54) is 4.57 Å². The molecule has 3 heterocycles. The van der Waals surface area contributed by atoms with Crippen molar-refractivity contribution in [3.05, 3.63) is 62.9 Å². The van der Waals surface area contributed by atoms with Gasteiger partial charge in [-0.1, -0.05) is 24.3 Å². The van der Waals surface area contributed by atoms with E-state index in [1.54, 1.807) is 6.20 Å². The maximum Gasteiger partial charge on any atom is 0.330 e. The van der Waals surface area contributed by atoms with E-state index in [2.05, 4.69) is 9.97 Å². The SMILES string of the molecule is Cc1ccccc1-c1ccnc2c1c(=O)[nH]c(=O)n2C[C@H]1CCCO1. The molecular formula is C19H19N3O3. The molecule has 1 fully saturated rings. The van der Waals surface area contributed by atoms with Crippen LogP contribution in [-0.2, 0) is 11.3 Å². The first-order chi connectivity index (χ1) is 12.1. The van der Waals surface area contributed by atoms with Crippen molar-refractivity contribution in [3.8, 4) is 11.1 Å². The van der Waals surface area contributed by atoms with Gasteiger partial charge >= 0.3 is 5.69 Å². The van der Waals surface area contributed by atoms with Gasteiger partial charge in [0.25, 0.3) is 5.56 Å². The van der Waals surface area contributed by atoms with Crippen LogP contribution in [0.15, 0.2) is 46.1 Å². The van der Waals surface area contributed by atoms with Gasteiger partial charge in [-0.15, -0.1) is 0 Å². The predicted molar refractivity (Wildman–Crippen MR) is 95.8 cm³/mol. The predicted octanol–water partition coefficient (Wildman–Crippen LogP) is 2.24. The zero-order valence-corrected chi connectivity index (χ0v) is 14.0. The first-order valence-electron chi connectivity index (χ1n) is 8.44. The highest BCUT2D eigenvalue weighted by Crippen LogP contribution is 2.27. The van der Waals surface area contributed by atoms with Gasteiger partial charge in [-0.3, -0.25) is 14.3 Å². The molecule has 0 aliphatic carbocycles. The molecule has 1 aliphatic rings. The van der Waals surface area contributed by atoms with Crippen LogP contribution in [0, 0.1) is 6.92 Å². The largest absolute Gasteiger partial charge is 0.376 e. The molecule has 0 radical (unpaired) electrons. The van der Waals surface area contributed by atoms with Crippen molar-refractivity contribution >= 4 is 11.0 Å². The second kappa shape index (κ2) is 6.29. The van der Waals surface area contributed by atoms with E-state index in [-0.39, 0.29) is 6.10 Å². The summed E-state index contributed by atoms with van der Waals surface area (Å²) in [5, 5.41) is 0.439. The second-order valence-corrected chi connectivity index (χ2v) is 6.38. The third kappa shape index (κ3) is 2.78. The monoisotopic (exact) mass is 337 g/mol. The molecule has 0 saturated carbocycles. The molecule has 0 unspecified atom stereocenters. The van der Waals surface area contributed by atoms with Crippen LogP contribution in [0.5, 0.6) is 0 Å². The summed E-state index contributed by atoms with van der Waals surface area (Å²) < 4.78 is 7.17. The normalized spacial score (nSPS) is 17.2. The van der Waals surface area contributed by atoms with Gasteiger partial charge in [0.1, 0.15) is 5.65 Å². The number of ether oxygens (including phenoxy) is 1. The van der Waals surface area contributed by atoms with Crippen LogP contribution < -0.4 is 11.2 Å². The van der Waals surface area contributed by atoms with Crippen molar-refractivity contribution in [1.82, 2.24) is 14.5 Å². The number of aryl methyl sites for hydroxylation is 1. The number of hydrogen-bond donors (Lipinski definition) is 1. The van der Waals surface area contributed by atoms with Crippen LogP contribution in [-0.4, -0.2) is 27.2 Å². The van der Waals surface area contributed by atoms with Crippen molar-refractivity contribution in [2.75, 3.05) is 6.61 Å². The first kappa shape index (κ1) is 15.8. The van der Waals surface area contributed by atoms with E-state index in [1.807, 2.05) is 37.3 Å². The van der Waals surface area contributed by atoms with E-state index in [0.29, 0.717) is 24.2 Å². The Morgan fingerprint density at radius 2 is 2.08 bits per heavy atom. The lowest BCUT2D eigenvalue weighted by Crippen LogP contribution is -2.34. The van der Waals surface area contributed by atoms with Crippen LogP contribution in [0.2, 0.25) is 0 Å². The zero-order chi connectivity index (χ0) is 17.4. The molecule has 1 N–H and O–H groups in total. The molecule has 6 heteroatoms. The smallest absolute Gasteiger partial charge is 0.330 e. The minimum atomic E-state index is -0.442. The summed E-state index contributed by atoms with van der Waals surface area (Å²) in [4.78, 5) is 31.7. The lowest BCUT2D eigenvalue weighted by atomic mass is 9.99. The third-order valence-corrected chi connectivity index (χ3v) is 4.72. The van der Waals surface area contributed by atoms with E-state index >= 15 is 0 Å². The van der Waals surface area contributed by atoms with Gasteiger partial charge in [0, 0.05) is 12.8 Å². The Hall–Kier alpha value is -2.73. The van der Waals surface area contributed by atoms with Gasteiger partial charge < -0.3 is 4.74 Å². The van der Waals surface area contributed by atoms with Crippen LogP contribution in [0.3, 0.4) is 0 Å². The van der Waals surface area contributed by atoms with Gasteiger partial charge in [-0.25, -0.2) is 9.78 Å². The van der Waals surface area contributed by atoms with E-state index < -0.39 is 11.2 Å². The lowest BCUT2D eigenvalue weighted by molar-refractivity contribution is 0.0967. The van der Waals surface area contributed by atoms with Gasteiger partial charge in [0.05, 0.1) is 18.0 Å². The summed E-state index contributed by atoms with van der Waals surface area (Å²) >= 11 is 0. The Morgan fingerprint density at radius 1 is 1.24 bits per heavy atom. The highest BCUT2D eigenvalue weighted by molar-refractivity contribution is 5.92. The maximum absolute atomic E-state index is 12.6. The molecule has 25 heavy (non-hydrogen) atoms. The molecule has 3 aromatic rings. The van der Waals surface area contributed by atoms with Crippen molar-refractivity contribution < 1.29 is 4.74 Å². The van der Waals surface area contributed by atoms with E-state index in [9.17, 15) is 9.59 Å². The van der Waals surface area contributed by atoms with E-state index in [0.717, 1.165) is 29.5 Å². The summed E-state index contributed by atoms with van der Waals surface area (Å²) in [6.45, 7) is 3.11. The maximum atomic E-state index is 12.6. The Labute approximate surface area is 144 Å². The van der Waals surface area contributed by atoms with Crippen LogP contribution in [0.1, 0.15) is 18.4 Å². The molecule has 0 spiro atoms. The molecular weight excluding hydrogens is 318 g/mol. The quantitative estimate of drug-likeness (QED) is 0.795. The molecule has 0 amide bonds. The summed E-state index contributed by atoms with van der Waals surface area (Å²) in [6, 6.07) is 9.68. The number of hydrogen-bond acceptors (Lipinski definition) is 4. The summed E-state index contributed by atoms with van der Waals surface area (Å²) in [5.74, 6) is 0. The van der Waals surface area contributed by atoms with Gasteiger partial charge in [0.15, 0.2) is 0 Å². The Balaban J connectivity index is 1.97. The summed E-state index contributed by atoms with van der Waals surface area (Å²) in [7, 11) is 0. The Bertz CT molecular complexity index is 1050. The number of nitrogens with zero attached hydrogens (tertiary/aromatic N) is 2. The molecule has 1 saturated heterocycles. The number of pyridine rings is 1. The minimum absolute atomic E-state index is 0.0179. The van der Waals surface area contributed by atoms with Crippen molar-refractivity contribution in [2.45, 2.75) is 32.4 Å². The topological polar surface area (TPSA) is 77.0 Å². The number of benzene rings is 1. The molecule has 1 atom stereocenters. The molecule has 0 bridgehead atoms. The number of aromatic amines is 1. The minimum Gasteiger partial charge on any atom is -0.376 e. The molecule has 128 valence electrons. The second-order valence-electron chi connectivity index (χ2n) is 6.38. The van der Waals surface area contributed by atoms with Gasteiger partial charge in [-0.2, -0.15) is 0 Å². The number of nitrogens with one attached hydrogen (secondary N) is 1. The fourth-order valence-corrected chi connectivity index (χ4v) is 3.46. The van der Waals surface area contributed by atoms with Crippen LogP contribution in [0.4, 0.5) is 0 Å². The lowest BCUT2D eigenvalue weighted by Gasteiger charge is -2.15. The van der Waals surface area contributed by atoms with Gasteiger partial charge in [-0.05, 0) is 42.5 Å². The molecule has 1 aliphatic heterocycles. The van der Waals surface area contributed by atoms with Crippen molar-refractivity contribution in [3.63, 3.8) is 0 Å². The average Bonchev–Trinajstić information content (AvgIpc) is 3.11. The summed E-state index contributed by atoms with van der Waals surface area (Å²) in [5.41, 5.74) is 2.36. The highest BCUT2D eigenvalue weighted by atomic mass is 16.5. The number of fused-ring (bicyclic) bond motifs is 1. The average molecular weight is 337 g/mol. The van der Waals surface area contributed by atoms with Gasteiger partial charge in [0.2, 0.25) is 0 Å². The molecule has 2 aromatic heterocycles. The Morgan fingerprint density at radius 3 is 2.84 bits per heavy atom. The Kier molecular flexibility index (Phi) is 3.97. The van der Waals surface area contributed by atoms with Crippen LogP contribution in [0.25, 0.3) is 22.2 Å². The fraction of sp³-hybridized carbons (Fsp3) is 0.316. The molecule has 1 aromatic carbocycles. The molecule has 4 rings (SSSR count). The highest BCUT2D eigenvalue weighted by Gasteiger charge is 2.20. The summed E-state index contributed by atoms with van der Waals surface area (Å²) in [6.07, 6.45) is 3.53. The molecule has 6 nitrogen and oxygen atoms in total. The van der Waals surface area contributed by atoms with Crippen molar-refractivity contribution in [2.24, 2.45) is 0 Å². The van der Waals surface area contributed by atoms with E-state index in [4.69, 9.17) is 4.74 Å². The number of rotatable bonds is 3. The number of aromatic nitrogens is 3. The number of H-pyrrole nitrogens is 1. The standard InChI is InChI=1S/C19H19N3O3/c1-12-5-2-3-7-14(12)15-8-9-20-17-16(15)18(23)21-19(24)22(17)11-13-6-4-10-25-13/h2-3,5,7-9,13H,4,6,10-11H2,1H3,(H,21,23,24)/t13-/m1/s1. The van der Waals surface area contributed by atoms with Crippen molar-refractivity contribution in [1.29, 1.82) is 0 Å². The first-order valence-corrected chi connectivity index (χ1v) is 8.44. The van der Waals surface area contributed by atoms with Crippen LogP contribution >= 0.6 is 0 Å².